The maximum atomic E-state index is 13.0. The van der Waals surface area contributed by atoms with Crippen LogP contribution in [-0.2, 0) is 4.79 Å². The van der Waals surface area contributed by atoms with Crippen LogP contribution in [0.25, 0.3) is 0 Å². The van der Waals surface area contributed by atoms with Gasteiger partial charge in [0.25, 0.3) is 0 Å². The van der Waals surface area contributed by atoms with Crippen LogP contribution < -0.4 is 5.32 Å². The van der Waals surface area contributed by atoms with Crippen LogP contribution in [0, 0.1) is 5.41 Å². The molecular formula is C13H15BrF3NO. The summed E-state index contributed by atoms with van der Waals surface area (Å²) in [6, 6.07) is 3.71. The molecule has 1 rings (SSSR count). The molecule has 1 amide bonds. The minimum absolute atomic E-state index is 0.00769. The molecule has 0 aliphatic rings. The van der Waals surface area contributed by atoms with Crippen molar-refractivity contribution >= 4 is 21.8 Å². The quantitative estimate of drug-likeness (QED) is 0.860. The van der Waals surface area contributed by atoms with Gasteiger partial charge in [-0.05, 0) is 17.7 Å². The van der Waals surface area contributed by atoms with Gasteiger partial charge >= 0.3 is 6.18 Å². The molecule has 0 radical (unpaired) electrons. The van der Waals surface area contributed by atoms with Gasteiger partial charge in [0, 0.05) is 9.89 Å². The van der Waals surface area contributed by atoms with Gasteiger partial charge in [0.2, 0.25) is 5.91 Å². The van der Waals surface area contributed by atoms with Gasteiger partial charge in [0.15, 0.2) is 6.04 Å². The van der Waals surface area contributed by atoms with Crippen molar-refractivity contribution < 1.29 is 18.0 Å². The zero-order chi connectivity index (χ0) is 14.8. The fraction of sp³-hybridized carbons (Fsp3) is 0.462. The van der Waals surface area contributed by atoms with E-state index in [0.717, 1.165) is 0 Å². The van der Waals surface area contributed by atoms with Gasteiger partial charge in [-0.1, -0.05) is 48.8 Å². The number of hydrogen-bond donors (Lipinski definition) is 1. The summed E-state index contributed by atoms with van der Waals surface area (Å²) in [6.07, 6.45) is -4.53. The van der Waals surface area contributed by atoms with Crippen molar-refractivity contribution in [2.24, 2.45) is 5.41 Å². The summed E-state index contributed by atoms with van der Waals surface area (Å²) in [5.74, 6) is -0.641. The third kappa shape index (κ3) is 4.53. The molecule has 2 nitrogen and oxygen atoms in total. The fourth-order valence-corrected chi connectivity index (χ4v) is 1.62. The molecule has 0 bridgehead atoms. The lowest BCUT2D eigenvalue weighted by atomic mass is 9.94. The minimum Gasteiger partial charge on any atom is -0.340 e. The van der Waals surface area contributed by atoms with Crippen molar-refractivity contribution in [3.63, 3.8) is 0 Å². The van der Waals surface area contributed by atoms with Gasteiger partial charge in [-0.25, -0.2) is 0 Å². The Morgan fingerprint density at radius 2 is 1.63 bits per heavy atom. The van der Waals surface area contributed by atoms with E-state index >= 15 is 0 Å². The number of rotatable bonds is 2. The molecule has 106 valence electrons. The van der Waals surface area contributed by atoms with Gasteiger partial charge in [0.1, 0.15) is 0 Å². The highest BCUT2D eigenvalue weighted by Crippen LogP contribution is 2.34. The molecular weight excluding hydrogens is 323 g/mol. The van der Waals surface area contributed by atoms with E-state index in [4.69, 9.17) is 0 Å². The first-order valence-corrected chi connectivity index (χ1v) is 6.44. The first-order chi connectivity index (χ1) is 8.51. The highest BCUT2D eigenvalue weighted by atomic mass is 79.9. The van der Waals surface area contributed by atoms with Crippen LogP contribution in [0.3, 0.4) is 0 Å². The second kappa shape index (κ2) is 5.53. The smallest absolute Gasteiger partial charge is 0.340 e. The second-order valence-electron chi connectivity index (χ2n) is 5.25. The standard InChI is InChI=1S/C13H15BrF3NO/c1-12(2,3)11(19)18-10(13(15,16)17)8-4-6-9(14)7-5-8/h4-7,10H,1-3H3,(H,18,19)/t10-/m1/s1. The molecule has 0 aliphatic carbocycles. The fourth-order valence-electron chi connectivity index (χ4n) is 1.36. The Labute approximate surface area is 118 Å². The van der Waals surface area contributed by atoms with Crippen LogP contribution in [0.15, 0.2) is 28.7 Å². The average molecular weight is 338 g/mol. The van der Waals surface area contributed by atoms with Crippen LogP contribution >= 0.6 is 15.9 Å². The normalized spacial score (nSPS) is 14.1. The van der Waals surface area contributed by atoms with Crippen molar-refractivity contribution in [2.45, 2.75) is 33.0 Å². The van der Waals surface area contributed by atoms with E-state index in [1.54, 1.807) is 20.8 Å². The van der Waals surface area contributed by atoms with E-state index in [0.29, 0.717) is 4.47 Å². The molecule has 1 atom stereocenters. The van der Waals surface area contributed by atoms with Crippen LogP contribution in [0.4, 0.5) is 13.2 Å². The van der Waals surface area contributed by atoms with Crippen molar-refractivity contribution in [2.75, 3.05) is 0 Å². The number of carbonyl (C=O) groups is 1. The summed E-state index contributed by atoms with van der Waals surface area (Å²) in [7, 11) is 0. The summed E-state index contributed by atoms with van der Waals surface area (Å²) in [5.41, 5.74) is -0.868. The number of hydrogen-bond acceptors (Lipinski definition) is 1. The number of nitrogens with one attached hydrogen (secondary N) is 1. The number of carbonyl (C=O) groups excluding carboxylic acids is 1. The van der Waals surface area contributed by atoms with E-state index in [-0.39, 0.29) is 5.56 Å². The summed E-state index contributed by atoms with van der Waals surface area (Å²) in [5, 5.41) is 2.05. The van der Waals surface area contributed by atoms with Crippen molar-refractivity contribution in [1.29, 1.82) is 0 Å². The highest BCUT2D eigenvalue weighted by molar-refractivity contribution is 9.10. The topological polar surface area (TPSA) is 29.1 Å². The van der Waals surface area contributed by atoms with Crippen LogP contribution in [-0.4, -0.2) is 12.1 Å². The molecule has 0 aliphatic heterocycles. The maximum absolute atomic E-state index is 13.0. The van der Waals surface area contributed by atoms with E-state index in [1.807, 2.05) is 0 Å². The van der Waals surface area contributed by atoms with Crippen LogP contribution in [0.1, 0.15) is 32.4 Å². The van der Waals surface area contributed by atoms with E-state index in [9.17, 15) is 18.0 Å². The number of halogens is 4. The molecule has 0 saturated carbocycles. The lowest BCUT2D eigenvalue weighted by Crippen LogP contribution is -2.43. The van der Waals surface area contributed by atoms with E-state index in [2.05, 4.69) is 21.2 Å². The molecule has 0 saturated heterocycles. The van der Waals surface area contributed by atoms with Gasteiger partial charge in [-0.2, -0.15) is 13.2 Å². The predicted octanol–water partition coefficient (Wildman–Crippen LogP) is 4.21. The molecule has 1 N–H and O–H groups in total. The molecule has 1 aromatic rings. The van der Waals surface area contributed by atoms with Crippen molar-refractivity contribution in [3.05, 3.63) is 34.3 Å². The van der Waals surface area contributed by atoms with Gasteiger partial charge in [0.05, 0.1) is 0 Å². The zero-order valence-electron chi connectivity index (χ0n) is 10.8. The predicted molar refractivity (Wildman–Crippen MR) is 70.5 cm³/mol. The highest BCUT2D eigenvalue weighted by Gasteiger charge is 2.43. The summed E-state index contributed by atoms with van der Waals surface area (Å²) < 4.78 is 39.8. The number of amides is 1. The Balaban J connectivity index is 3.04. The molecule has 0 fully saturated rings. The van der Waals surface area contributed by atoms with Crippen LogP contribution in [0.5, 0.6) is 0 Å². The second-order valence-corrected chi connectivity index (χ2v) is 6.17. The Morgan fingerprint density at radius 3 is 2.00 bits per heavy atom. The molecule has 1 aromatic carbocycles. The molecule has 0 aromatic heterocycles. The first kappa shape index (κ1) is 16.0. The lowest BCUT2D eigenvalue weighted by molar-refractivity contribution is -0.165. The SMILES string of the molecule is CC(C)(C)C(=O)N[C@H](c1ccc(Br)cc1)C(F)(F)F. The summed E-state index contributed by atoms with van der Waals surface area (Å²) >= 11 is 3.16. The van der Waals surface area contributed by atoms with Crippen molar-refractivity contribution in [3.8, 4) is 0 Å². The van der Waals surface area contributed by atoms with E-state index in [1.165, 1.54) is 24.3 Å². The minimum atomic E-state index is -4.53. The number of benzene rings is 1. The third-order valence-corrected chi connectivity index (χ3v) is 3.02. The zero-order valence-corrected chi connectivity index (χ0v) is 12.4. The molecule has 0 unspecified atom stereocenters. The average Bonchev–Trinajstić information content (AvgIpc) is 2.24. The Hall–Kier alpha value is -1.04. The van der Waals surface area contributed by atoms with E-state index < -0.39 is 23.5 Å². The Bertz CT molecular complexity index is 448. The largest absolute Gasteiger partial charge is 0.412 e. The molecule has 19 heavy (non-hydrogen) atoms. The molecule has 6 heteroatoms. The monoisotopic (exact) mass is 337 g/mol. The van der Waals surface area contributed by atoms with Crippen molar-refractivity contribution in [1.82, 2.24) is 5.32 Å². The van der Waals surface area contributed by atoms with Gasteiger partial charge in [-0.15, -0.1) is 0 Å². The van der Waals surface area contributed by atoms with Gasteiger partial charge < -0.3 is 5.32 Å². The summed E-state index contributed by atoms with van der Waals surface area (Å²) in [4.78, 5) is 11.7. The number of alkyl halides is 3. The molecule has 0 spiro atoms. The lowest BCUT2D eigenvalue weighted by Gasteiger charge is -2.26. The first-order valence-electron chi connectivity index (χ1n) is 5.65. The summed E-state index contributed by atoms with van der Waals surface area (Å²) in [6.45, 7) is 4.70. The Morgan fingerprint density at radius 1 is 1.16 bits per heavy atom. The van der Waals surface area contributed by atoms with Crippen LogP contribution in [0.2, 0.25) is 0 Å². The molecule has 0 heterocycles. The Kier molecular flexibility index (Phi) is 4.66. The van der Waals surface area contributed by atoms with Gasteiger partial charge in [-0.3, -0.25) is 4.79 Å². The maximum Gasteiger partial charge on any atom is 0.412 e. The third-order valence-electron chi connectivity index (χ3n) is 2.49.